The lowest BCUT2D eigenvalue weighted by atomic mass is 10.2. The Morgan fingerprint density at radius 3 is 2.52 bits per heavy atom. The second-order valence-electron chi connectivity index (χ2n) is 5.95. The molecule has 6 heteroatoms. The summed E-state index contributed by atoms with van der Waals surface area (Å²) in [4.78, 5) is 0. The molecule has 3 rings (SSSR count). The van der Waals surface area contributed by atoms with Crippen LogP contribution in [0.1, 0.15) is 22.5 Å². The predicted octanol–water partition coefficient (Wildman–Crippen LogP) is 4.96. The summed E-state index contributed by atoms with van der Waals surface area (Å²) in [6.45, 7) is 4.43. The molecule has 0 amide bonds. The maximum Gasteiger partial charge on any atom is 0.191 e. The first-order valence-corrected chi connectivity index (χ1v) is 9.35. The van der Waals surface area contributed by atoms with Crippen molar-refractivity contribution in [3.8, 4) is 5.75 Å². The van der Waals surface area contributed by atoms with Crippen molar-refractivity contribution in [2.75, 3.05) is 0 Å². The third kappa shape index (κ3) is 4.55. The van der Waals surface area contributed by atoms with E-state index < -0.39 is 0 Å². The highest BCUT2D eigenvalue weighted by Crippen LogP contribution is 2.26. The van der Waals surface area contributed by atoms with Crippen LogP contribution in [0.5, 0.6) is 5.75 Å². The molecule has 0 aliphatic carbocycles. The van der Waals surface area contributed by atoms with Gasteiger partial charge in [-0.25, -0.2) is 0 Å². The molecule has 0 unspecified atom stereocenters. The van der Waals surface area contributed by atoms with Gasteiger partial charge in [0.25, 0.3) is 0 Å². The van der Waals surface area contributed by atoms with E-state index in [1.807, 2.05) is 36.7 Å². The first-order valence-electron chi connectivity index (χ1n) is 7.98. The van der Waals surface area contributed by atoms with Gasteiger partial charge in [0.15, 0.2) is 11.0 Å². The van der Waals surface area contributed by atoms with Gasteiger partial charge in [-0.1, -0.05) is 59.3 Å². The van der Waals surface area contributed by atoms with Crippen molar-refractivity contribution < 1.29 is 4.74 Å². The molecule has 0 atom stereocenters. The minimum absolute atomic E-state index is 0.331. The third-order valence-electron chi connectivity index (χ3n) is 3.86. The molecular weight excluding hydrogens is 354 g/mol. The second kappa shape index (κ2) is 7.93. The number of hydrogen-bond acceptors (Lipinski definition) is 4. The third-order valence-corrected chi connectivity index (χ3v) is 5.26. The summed E-state index contributed by atoms with van der Waals surface area (Å²) in [6, 6.07) is 14.2. The van der Waals surface area contributed by atoms with Crippen LogP contribution < -0.4 is 4.74 Å². The second-order valence-corrected chi connectivity index (χ2v) is 7.30. The van der Waals surface area contributed by atoms with Gasteiger partial charge in [-0.2, -0.15) is 0 Å². The standard InChI is InChI=1S/C19H20ClN3OS/c1-13-4-7-15(8-5-13)12-25-19-22-21-18(23(19)3)11-24-17-10-14(2)6-9-16(17)20/h4-10H,11-12H2,1-3H3. The van der Waals surface area contributed by atoms with Crippen LogP contribution in [0.2, 0.25) is 5.02 Å². The van der Waals surface area contributed by atoms with E-state index in [0.717, 1.165) is 22.3 Å². The minimum atomic E-state index is 0.331. The summed E-state index contributed by atoms with van der Waals surface area (Å²) in [6.07, 6.45) is 0. The number of thioether (sulfide) groups is 1. The fourth-order valence-corrected chi connectivity index (χ4v) is 3.35. The van der Waals surface area contributed by atoms with Gasteiger partial charge in [-0.05, 0) is 37.1 Å². The van der Waals surface area contributed by atoms with Crippen LogP contribution in [0.25, 0.3) is 0 Å². The molecule has 25 heavy (non-hydrogen) atoms. The van der Waals surface area contributed by atoms with E-state index in [1.54, 1.807) is 11.8 Å². The molecule has 130 valence electrons. The van der Waals surface area contributed by atoms with Gasteiger partial charge >= 0.3 is 0 Å². The zero-order valence-corrected chi connectivity index (χ0v) is 16.1. The Kier molecular flexibility index (Phi) is 5.66. The average molecular weight is 374 g/mol. The molecule has 3 aromatic rings. The lowest BCUT2D eigenvalue weighted by Gasteiger charge is -2.09. The summed E-state index contributed by atoms with van der Waals surface area (Å²) in [5.74, 6) is 2.29. The molecule has 0 spiro atoms. The van der Waals surface area contributed by atoms with Crippen molar-refractivity contribution in [2.45, 2.75) is 31.4 Å². The molecule has 2 aromatic carbocycles. The van der Waals surface area contributed by atoms with E-state index in [2.05, 4.69) is 41.4 Å². The Labute approximate surface area is 157 Å². The summed E-state index contributed by atoms with van der Waals surface area (Å²) in [5.41, 5.74) is 3.64. The minimum Gasteiger partial charge on any atom is -0.484 e. The fraction of sp³-hybridized carbons (Fsp3) is 0.263. The topological polar surface area (TPSA) is 39.9 Å². The largest absolute Gasteiger partial charge is 0.484 e. The zero-order valence-electron chi connectivity index (χ0n) is 14.5. The van der Waals surface area contributed by atoms with Gasteiger partial charge in [-0.15, -0.1) is 10.2 Å². The molecule has 0 N–H and O–H groups in total. The molecular formula is C19H20ClN3OS. The van der Waals surface area contributed by atoms with Gasteiger partial charge in [-0.3, -0.25) is 0 Å². The van der Waals surface area contributed by atoms with E-state index in [1.165, 1.54) is 11.1 Å². The molecule has 4 nitrogen and oxygen atoms in total. The van der Waals surface area contributed by atoms with Crippen molar-refractivity contribution in [2.24, 2.45) is 7.05 Å². The van der Waals surface area contributed by atoms with Crippen molar-refractivity contribution in [1.82, 2.24) is 14.8 Å². The molecule has 0 saturated heterocycles. The number of nitrogens with zero attached hydrogens (tertiary/aromatic N) is 3. The number of rotatable bonds is 6. The van der Waals surface area contributed by atoms with Crippen LogP contribution in [0, 0.1) is 13.8 Å². The molecule has 0 aliphatic rings. The zero-order chi connectivity index (χ0) is 17.8. The Bertz CT molecular complexity index is 862. The SMILES string of the molecule is Cc1ccc(CSc2nnc(COc3cc(C)ccc3Cl)n2C)cc1. The maximum atomic E-state index is 6.16. The van der Waals surface area contributed by atoms with E-state index in [9.17, 15) is 0 Å². The van der Waals surface area contributed by atoms with E-state index in [4.69, 9.17) is 16.3 Å². The summed E-state index contributed by atoms with van der Waals surface area (Å²) in [5, 5.41) is 9.97. The van der Waals surface area contributed by atoms with Gasteiger partial charge in [0.05, 0.1) is 5.02 Å². The molecule has 0 saturated carbocycles. The Morgan fingerprint density at radius 1 is 1.04 bits per heavy atom. The van der Waals surface area contributed by atoms with Crippen molar-refractivity contribution in [3.63, 3.8) is 0 Å². The number of aryl methyl sites for hydroxylation is 2. The first kappa shape index (κ1) is 17.8. The van der Waals surface area contributed by atoms with Gasteiger partial charge < -0.3 is 9.30 Å². The lowest BCUT2D eigenvalue weighted by molar-refractivity contribution is 0.290. The van der Waals surface area contributed by atoms with Crippen LogP contribution in [0.3, 0.4) is 0 Å². The Morgan fingerprint density at radius 2 is 1.76 bits per heavy atom. The summed E-state index contributed by atoms with van der Waals surface area (Å²) < 4.78 is 7.77. The average Bonchev–Trinajstić information content (AvgIpc) is 2.95. The Hall–Kier alpha value is -1.98. The quantitative estimate of drug-likeness (QED) is 0.573. The van der Waals surface area contributed by atoms with E-state index >= 15 is 0 Å². The maximum absolute atomic E-state index is 6.16. The van der Waals surface area contributed by atoms with Crippen LogP contribution >= 0.6 is 23.4 Å². The molecule has 1 heterocycles. The highest BCUT2D eigenvalue weighted by molar-refractivity contribution is 7.98. The van der Waals surface area contributed by atoms with Crippen LogP contribution in [0.15, 0.2) is 47.6 Å². The van der Waals surface area contributed by atoms with Gasteiger partial charge in [0.2, 0.25) is 0 Å². The van der Waals surface area contributed by atoms with Crippen LogP contribution in [0.4, 0.5) is 0 Å². The number of aromatic nitrogens is 3. The summed E-state index contributed by atoms with van der Waals surface area (Å²) >= 11 is 7.83. The van der Waals surface area contributed by atoms with Crippen molar-refractivity contribution in [1.29, 1.82) is 0 Å². The van der Waals surface area contributed by atoms with Gasteiger partial charge in [0.1, 0.15) is 12.4 Å². The van der Waals surface area contributed by atoms with Crippen molar-refractivity contribution >= 4 is 23.4 Å². The highest BCUT2D eigenvalue weighted by atomic mass is 35.5. The number of ether oxygens (including phenoxy) is 1. The monoisotopic (exact) mass is 373 g/mol. The highest BCUT2D eigenvalue weighted by Gasteiger charge is 2.11. The lowest BCUT2D eigenvalue weighted by Crippen LogP contribution is -2.04. The molecule has 0 aliphatic heterocycles. The summed E-state index contributed by atoms with van der Waals surface area (Å²) in [7, 11) is 1.95. The molecule has 1 aromatic heterocycles. The van der Waals surface area contributed by atoms with Crippen molar-refractivity contribution in [3.05, 3.63) is 70.0 Å². The number of benzene rings is 2. The van der Waals surface area contributed by atoms with Gasteiger partial charge in [0, 0.05) is 12.8 Å². The van der Waals surface area contributed by atoms with E-state index in [-0.39, 0.29) is 0 Å². The molecule has 0 fully saturated rings. The number of hydrogen-bond donors (Lipinski definition) is 0. The number of halogens is 1. The first-order chi connectivity index (χ1) is 12.0. The van der Waals surface area contributed by atoms with Crippen LogP contribution in [-0.2, 0) is 19.4 Å². The predicted molar refractivity (Wildman–Crippen MR) is 102 cm³/mol. The van der Waals surface area contributed by atoms with Crippen LogP contribution in [-0.4, -0.2) is 14.8 Å². The fourth-order valence-electron chi connectivity index (χ4n) is 2.29. The Balaban J connectivity index is 1.62. The molecule has 0 radical (unpaired) electrons. The normalized spacial score (nSPS) is 10.9. The smallest absolute Gasteiger partial charge is 0.191 e. The van der Waals surface area contributed by atoms with E-state index in [0.29, 0.717) is 17.4 Å². The molecule has 0 bridgehead atoms.